The van der Waals surface area contributed by atoms with Gasteiger partial charge < -0.3 is 18.6 Å². The normalized spacial score (nSPS) is 13.4. The second-order valence-electron chi connectivity index (χ2n) is 6.41. The van der Waals surface area contributed by atoms with Crippen LogP contribution in [0.15, 0.2) is 51.7 Å². The molecule has 0 radical (unpaired) electrons. The van der Waals surface area contributed by atoms with Gasteiger partial charge >= 0.3 is 11.6 Å². The maximum Gasteiger partial charge on any atom is 0.344 e. The number of esters is 1. The first-order valence-electron chi connectivity index (χ1n) is 8.61. The molecule has 0 aliphatic heterocycles. The molecule has 138 valence electrons. The summed E-state index contributed by atoms with van der Waals surface area (Å²) < 4.78 is 21.4. The molecule has 0 amide bonds. The van der Waals surface area contributed by atoms with Crippen LogP contribution < -0.4 is 19.8 Å². The summed E-state index contributed by atoms with van der Waals surface area (Å²) in [6, 6.07) is 11.9. The lowest BCUT2D eigenvalue weighted by molar-refractivity contribution is -0.135. The van der Waals surface area contributed by atoms with Crippen LogP contribution in [0.1, 0.15) is 12.8 Å². The van der Waals surface area contributed by atoms with Crippen molar-refractivity contribution in [1.29, 1.82) is 0 Å². The summed E-state index contributed by atoms with van der Waals surface area (Å²) in [6.45, 7) is 0. The van der Waals surface area contributed by atoms with Crippen LogP contribution in [0.2, 0.25) is 0 Å². The summed E-state index contributed by atoms with van der Waals surface area (Å²) in [5.41, 5.74) is 0.782. The summed E-state index contributed by atoms with van der Waals surface area (Å²) in [5.74, 6) is 1.27. The average Bonchev–Trinajstić information content (AvgIpc) is 3.52. The molecular weight excluding hydrogens is 348 g/mol. The van der Waals surface area contributed by atoms with E-state index in [-0.39, 0.29) is 11.9 Å². The van der Waals surface area contributed by atoms with Gasteiger partial charge in [-0.2, -0.15) is 0 Å². The topological polar surface area (TPSA) is 75.0 Å². The minimum absolute atomic E-state index is 0.00407. The molecule has 1 saturated carbocycles. The maximum absolute atomic E-state index is 12.6. The van der Waals surface area contributed by atoms with Crippen LogP contribution in [-0.2, 0) is 4.79 Å². The van der Waals surface area contributed by atoms with E-state index in [9.17, 15) is 9.59 Å². The van der Waals surface area contributed by atoms with Crippen LogP contribution in [0.4, 0.5) is 0 Å². The van der Waals surface area contributed by atoms with Gasteiger partial charge in [-0.15, -0.1) is 0 Å². The van der Waals surface area contributed by atoms with Gasteiger partial charge in [0, 0.05) is 17.0 Å². The fraction of sp³-hybridized carbons (Fsp3) is 0.238. The van der Waals surface area contributed by atoms with Crippen molar-refractivity contribution in [2.24, 2.45) is 5.92 Å². The van der Waals surface area contributed by atoms with Crippen LogP contribution in [-0.4, -0.2) is 20.2 Å². The Hall–Kier alpha value is -3.28. The third-order valence-corrected chi connectivity index (χ3v) is 4.53. The number of rotatable bonds is 5. The Labute approximate surface area is 155 Å². The molecule has 1 aliphatic carbocycles. The Morgan fingerprint density at radius 1 is 0.963 bits per heavy atom. The zero-order valence-corrected chi connectivity index (χ0v) is 15.0. The van der Waals surface area contributed by atoms with E-state index in [1.165, 1.54) is 7.11 Å². The van der Waals surface area contributed by atoms with Crippen molar-refractivity contribution in [1.82, 2.24) is 0 Å². The highest BCUT2D eigenvalue weighted by molar-refractivity contribution is 5.85. The van der Waals surface area contributed by atoms with E-state index in [1.54, 1.807) is 49.6 Å². The molecule has 0 bridgehead atoms. The van der Waals surface area contributed by atoms with Gasteiger partial charge in [0.1, 0.15) is 22.8 Å². The van der Waals surface area contributed by atoms with Gasteiger partial charge in [0.05, 0.1) is 25.7 Å². The quantitative estimate of drug-likeness (QED) is 0.388. The second-order valence-corrected chi connectivity index (χ2v) is 6.41. The second kappa shape index (κ2) is 6.79. The smallest absolute Gasteiger partial charge is 0.344 e. The molecule has 27 heavy (non-hydrogen) atoms. The molecule has 1 aliphatic rings. The molecule has 6 heteroatoms. The van der Waals surface area contributed by atoms with Gasteiger partial charge in [-0.05, 0) is 49.2 Å². The number of benzene rings is 2. The molecule has 2 aromatic carbocycles. The number of fused-ring (bicyclic) bond motifs is 1. The van der Waals surface area contributed by atoms with Crippen molar-refractivity contribution in [3.63, 3.8) is 0 Å². The van der Waals surface area contributed by atoms with Gasteiger partial charge in [-0.25, -0.2) is 4.79 Å². The standard InChI is InChI=1S/C21H18O6/c1-24-14-7-8-18(25-2)16(10-14)17-9-13-5-6-15(11-19(13)27-21(17)23)26-20(22)12-3-4-12/h5-12H,3-4H2,1-2H3. The maximum atomic E-state index is 12.6. The number of methoxy groups -OCH3 is 2. The first kappa shape index (κ1) is 17.1. The molecule has 0 N–H and O–H groups in total. The molecule has 0 spiro atoms. The van der Waals surface area contributed by atoms with E-state index < -0.39 is 5.63 Å². The van der Waals surface area contributed by atoms with E-state index in [4.69, 9.17) is 18.6 Å². The largest absolute Gasteiger partial charge is 0.497 e. The van der Waals surface area contributed by atoms with Crippen LogP contribution in [0, 0.1) is 5.92 Å². The highest BCUT2D eigenvalue weighted by Gasteiger charge is 2.31. The number of carbonyl (C=O) groups is 1. The van der Waals surface area contributed by atoms with E-state index in [2.05, 4.69) is 0 Å². The minimum atomic E-state index is -0.514. The fourth-order valence-electron chi connectivity index (χ4n) is 2.89. The van der Waals surface area contributed by atoms with Crippen LogP contribution in [0.3, 0.4) is 0 Å². The Morgan fingerprint density at radius 3 is 2.44 bits per heavy atom. The molecule has 1 fully saturated rings. The Morgan fingerprint density at radius 2 is 1.74 bits per heavy atom. The molecule has 6 nitrogen and oxygen atoms in total. The number of ether oxygens (including phenoxy) is 3. The Balaban J connectivity index is 1.76. The fourth-order valence-corrected chi connectivity index (χ4v) is 2.89. The molecule has 4 rings (SSSR count). The summed E-state index contributed by atoms with van der Waals surface area (Å²) >= 11 is 0. The lowest BCUT2D eigenvalue weighted by atomic mass is 10.0. The van der Waals surface area contributed by atoms with Gasteiger partial charge in [-0.1, -0.05) is 0 Å². The average molecular weight is 366 g/mol. The van der Waals surface area contributed by atoms with Crippen molar-refractivity contribution in [2.75, 3.05) is 14.2 Å². The predicted molar refractivity (Wildman–Crippen MR) is 99.4 cm³/mol. The molecule has 0 saturated heterocycles. The Kier molecular flexibility index (Phi) is 4.32. The van der Waals surface area contributed by atoms with Crippen molar-refractivity contribution >= 4 is 16.9 Å². The minimum Gasteiger partial charge on any atom is -0.497 e. The van der Waals surface area contributed by atoms with E-state index in [1.807, 2.05) is 0 Å². The lowest BCUT2D eigenvalue weighted by Gasteiger charge is -2.10. The highest BCUT2D eigenvalue weighted by atomic mass is 16.5. The van der Waals surface area contributed by atoms with Gasteiger partial charge in [-0.3, -0.25) is 4.79 Å². The summed E-state index contributed by atoms with van der Waals surface area (Å²) in [4.78, 5) is 24.4. The molecule has 0 atom stereocenters. The number of hydrogen-bond donors (Lipinski definition) is 0. The zero-order chi connectivity index (χ0) is 19.0. The third kappa shape index (κ3) is 3.38. The van der Waals surface area contributed by atoms with E-state index in [0.717, 1.165) is 12.8 Å². The summed E-state index contributed by atoms with van der Waals surface area (Å²) in [5, 5.41) is 0.709. The van der Waals surface area contributed by atoms with Crippen molar-refractivity contribution < 1.29 is 23.4 Å². The highest BCUT2D eigenvalue weighted by Crippen LogP contribution is 2.34. The van der Waals surface area contributed by atoms with Gasteiger partial charge in [0.15, 0.2) is 0 Å². The van der Waals surface area contributed by atoms with Crippen LogP contribution in [0.5, 0.6) is 17.2 Å². The predicted octanol–water partition coefficient (Wildman–Crippen LogP) is 3.79. The Bertz CT molecular complexity index is 1080. The monoisotopic (exact) mass is 366 g/mol. The zero-order valence-electron chi connectivity index (χ0n) is 15.0. The van der Waals surface area contributed by atoms with Crippen LogP contribution >= 0.6 is 0 Å². The molecule has 0 unspecified atom stereocenters. The first-order chi connectivity index (χ1) is 13.1. The van der Waals surface area contributed by atoms with Crippen molar-refractivity contribution in [2.45, 2.75) is 12.8 Å². The van der Waals surface area contributed by atoms with Gasteiger partial charge in [0.25, 0.3) is 0 Å². The molecule has 1 heterocycles. The van der Waals surface area contributed by atoms with Crippen molar-refractivity contribution in [3.8, 4) is 28.4 Å². The summed E-state index contributed by atoms with van der Waals surface area (Å²) in [7, 11) is 3.09. The summed E-state index contributed by atoms with van der Waals surface area (Å²) in [6.07, 6.45) is 1.74. The SMILES string of the molecule is COc1ccc(OC)c(-c2cc3ccc(OC(=O)C4CC4)cc3oc2=O)c1. The molecule has 3 aromatic rings. The van der Waals surface area contributed by atoms with Crippen LogP contribution in [0.25, 0.3) is 22.1 Å². The third-order valence-electron chi connectivity index (χ3n) is 4.53. The molecule has 1 aromatic heterocycles. The van der Waals surface area contributed by atoms with Gasteiger partial charge in [0.2, 0.25) is 0 Å². The first-order valence-corrected chi connectivity index (χ1v) is 8.61. The van der Waals surface area contributed by atoms with Crippen molar-refractivity contribution in [3.05, 3.63) is 52.9 Å². The number of carbonyl (C=O) groups excluding carboxylic acids is 1. The van der Waals surface area contributed by atoms with E-state index in [0.29, 0.717) is 39.3 Å². The lowest BCUT2D eigenvalue weighted by Crippen LogP contribution is -2.09. The molecular formula is C21H18O6. The number of hydrogen-bond acceptors (Lipinski definition) is 6. The van der Waals surface area contributed by atoms with E-state index >= 15 is 0 Å².